The van der Waals surface area contributed by atoms with Gasteiger partial charge in [0.1, 0.15) is 11.7 Å². The number of piperidine rings is 1. The molecule has 7 nitrogen and oxygen atoms in total. The highest BCUT2D eigenvalue weighted by molar-refractivity contribution is 5.97. The maximum Gasteiger partial charge on any atom is 0.258 e. The Balaban J connectivity index is 1.78. The summed E-state index contributed by atoms with van der Waals surface area (Å²) in [6.07, 6.45) is 2.97. The van der Waals surface area contributed by atoms with Gasteiger partial charge in [0.2, 0.25) is 11.9 Å². The van der Waals surface area contributed by atoms with Crippen molar-refractivity contribution in [1.82, 2.24) is 9.97 Å². The van der Waals surface area contributed by atoms with Gasteiger partial charge in [-0.2, -0.15) is 10.2 Å². The van der Waals surface area contributed by atoms with Crippen molar-refractivity contribution in [2.75, 3.05) is 23.3 Å². The summed E-state index contributed by atoms with van der Waals surface area (Å²) >= 11 is 0. The highest BCUT2D eigenvalue weighted by Gasteiger charge is 2.40. The molecule has 29 heavy (non-hydrogen) atoms. The second-order valence-corrected chi connectivity index (χ2v) is 7.99. The van der Waals surface area contributed by atoms with Gasteiger partial charge in [-0.05, 0) is 36.3 Å². The summed E-state index contributed by atoms with van der Waals surface area (Å²) in [6, 6.07) is 9.82. The minimum absolute atomic E-state index is 0.267. The average molecular weight is 391 g/mol. The van der Waals surface area contributed by atoms with E-state index in [4.69, 9.17) is 0 Å². The molecule has 2 aliphatic heterocycles. The second-order valence-electron chi connectivity index (χ2n) is 7.99. The molecule has 1 aromatic carbocycles. The number of carbonyl (C=O) groups excluding carboxylic acids is 1. The van der Waals surface area contributed by atoms with Gasteiger partial charge in [-0.1, -0.05) is 38.1 Å². The minimum Gasteiger partial charge on any atom is -0.342 e. The number of amides is 1. The van der Waals surface area contributed by atoms with E-state index in [1.54, 1.807) is 0 Å². The fourth-order valence-corrected chi connectivity index (χ4v) is 4.19. The predicted octanol–water partition coefficient (Wildman–Crippen LogP) is 2.79. The zero-order valence-corrected chi connectivity index (χ0v) is 16.7. The van der Waals surface area contributed by atoms with Gasteiger partial charge < -0.3 is 10.2 Å². The minimum atomic E-state index is -0.973. The highest BCUT2D eigenvalue weighted by Crippen LogP contribution is 2.38. The van der Waals surface area contributed by atoms with Gasteiger partial charge >= 0.3 is 0 Å². The number of carbonyl (C=O) groups is 1. The molecular formula is C22H25N5O2. The molecular weight excluding hydrogens is 366 g/mol. The van der Waals surface area contributed by atoms with Gasteiger partial charge in [0.15, 0.2) is 0 Å². The van der Waals surface area contributed by atoms with Crippen molar-refractivity contribution in [3.63, 3.8) is 0 Å². The summed E-state index contributed by atoms with van der Waals surface area (Å²) in [4.78, 5) is 35.3. The summed E-state index contributed by atoms with van der Waals surface area (Å²) in [5.74, 6) is -0.621. The second kappa shape index (κ2) is 7.70. The number of hydrogen-bond acceptors (Lipinski definition) is 5. The van der Waals surface area contributed by atoms with E-state index in [9.17, 15) is 14.9 Å². The molecule has 0 bridgehead atoms. The van der Waals surface area contributed by atoms with Crippen LogP contribution >= 0.6 is 0 Å². The Kier molecular flexibility index (Phi) is 5.10. The van der Waals surface area contributed by atoms with E-state index in [1.165, 1.54) is 0 Å². The number of aryl methyl sites for hydroxylation is 1. The first-order valence-electron chi connectivity index (χ1n) is 10.2. The van der Waals surface area contributed by atoms with Crippen molar-refractivity contribution < 1.29 is 4.79 Å². The van der Waals surface area contributed by atoms with E-state index >= 15 is 0 Å². The number of nitrogens with one attached hydrogen (secondary N) is 2. The summed E-state index contributed by atoms with van der Waals surface area (Å²) < 4.78 is 0. The van der Waals surface area contributed by atoms with Crippen LogP contribution in [-0.2, 0) is 11.2 Å². The van der Waals surface area contributed by atoms with Crippen LogP contribution in [0.5, 0.6) is 0 Å². The lowest BCUT2D eigenvalue weighted by Crippen LogP contribution is -2.40. The van der Waals surface area contributed by atoms with Crippen molar-refractivity contribution in [2.45, 2.75) is 39.0 Å². The Morgan fingerprint density at radius 1 is 1.21 bits per heavy atom. The summed E-state index contributed by atoms with van der Waals surface area (Å²) in [5.41, 5.74) is 1.99. The first kappa shape index (κ1) is 19.2. The van der Waals surface area contributed by atoms with Gasteiger partial charge in [0.25, 0.3) is 5.56 Å². The van der Waals surface area contributed by atoms with Gasteiger partial charge in [-0.3, -0.25) is 14.6 Å². The molecule has 0 aliphatic carbocycles. The number of aromatic amines is 1. The number of nitriles is 1. The Bertz CT molecular complexity index is 1010. The van der Waals surface area contributed by atoms with Gasteiger partial charge in [0, 0.05) is 19.0 Å². The summed E-state index contributed by atoms with van der Waals surface area (Å²) in [7, 11) is 0. The number of fused-ring (bicyclic) bond motifs is 1. The molecule has 0 spiro atoms. The van der Waals surface area contributed by atoms with Crippen LogP contribution in [0.25, 0.3) is 0 Å². The van der Waals surface area contributed by atoms with Crippen molar-refractivity contribution in [1.29, 1.82) is 5.26 Å². The smallest absolute Gasteiger partial charge is 0.258 e. The van der Waals surface area contributed by atoms with Crippen LogP contribution in [-0.4, -0.2) is 29.0 Å². The molecule has 4 rings (SSSR count). The monoisotopic (exact) mass is 391 g/mol. The Labute approximate surface area is 169 Å². The van der Waals surface area contributed by atoms with Crippen LogP contribution in [0.4, 0.5) is 11.8 Å². The molecule has 150 valence electrons. The molecule has 1 saturated heterocycles. The van der Waals surface area contributed by atoms with Crippen LogP contribution in [0.1, 0.15) is 49.3 Å². The third kappa shape index (κ3) is 3.51. The number of nitrogens with zero attached hydrogens (tertiary/aromatic N) is 3. The van der Waals surface area contributed by atoms with Crippen LogP contribution in [0.15, 0.2) is 29.1 Å². The normalized spacial score (nSPS) is 22.0. The van der Waals surface area contributed by atoms with E-state index < -0.39 is 17.7 Å². The van der Waals surface area contributed by atoms with Crippen molar-refractivity contribution >= 4 is 17.7 Å². The van der Waals surface area contributed by atoms with E-state index in [0.717, 1.165) is 43.5 Å². The quantitative estimate of drug-likeness (QED) is 0.838. The SMILES string of the molecule is CCc1ccc(C2c3c(nc(N4CCC(C)CC4)[nH]c3=O)NC(=O)C2C#N)cc1. The lowest BCUT2D eigenvalue weighted by Gasteiger charge is -2.33. The fraction of sp³-hybridized carbons (Fsp3) is 0.455. The molecule has 2 unspecified atom stereocenters. The molecule has 1 amide bonds. The average Bonchev–Trinajstić information content (AvgIpc) is 2.73. The predicted molar refractivity (Wildman–Crippen MR) is 111 cm³/mol. The Morgan fingerprint density at radius 3 is 2.52 bits per heavy atom. The number of benzene rings is 1. The van der Waals surface area contributed by atoms with Gasteiger partial charge in [0.05, 0.1) is 11.6 Å². The molecule has 2 atom stereocenters. The fourth-order valence-electron chi connectivity index (χ4n) is 4.19. The van der Waals surface area contributed by atoms with E-state index in [-0.39, 0.29) is 11.4 Å². The number of rotatable bonds is 3. The van der Waals surface area contributed by atoms with Crippen molar-refractivity contribution in [3.8, 4) is 6.07 Å². The third-order valence-corrected chi connectivity index (χ3v) is 6.08. The van der Waals surface area contributed by atoms with Crippen LogP contribution in [0.3, 0.4) is 0 Å². The first-order chi connectivity index (χ1) is 14.0. The maximum absolute atomic E-state index is 13.1. The van der Waals surface area contributed by atoms with Crippen molar-refractivity contribution in [3.05, 3.63) is 51.3 Å². The molecule has 0 radical (unpaired) electrons. The van der Waals surface area contributed by atoms with Gasteiger partial charge in [-0.15, -0.1) is 0 Å². The topological polar surface area (TPSA) is 102 Å². The molecule has 1 aromatic heterocycles. The largest absolute Gasteiger partial charge is 0.342 e. The van der Waals surface area contributed by atoms with Gasteiger partial charge in [-0.25, -0.2) is 0 Å². The lowest BCUT2D eigenvalue weighted by molar-refractivity contribution is -0.119. The Morgan fingerprint density at radius 2 is 1.90 bits per heavy atom. The number of aromatic nitrogens is 2. The molecule has 2 aliphatic rings. The summed E-state index contributed by atoms with van der Waals surface area (Å²) in [5, 5.41) is 12.3. The number of H-pyrrole nitrogens is 1. The summed E-state index contributed by atoms with van der Waals surface area (Å²) in [6.45, 7) is 5.92. The first-order valence-corrected chi connectivity index (χ1v) is 10.2. The molecule has 3 heterocycles. The highest BCUT2D eigenvalue weighted by atomic mass is 16.2. The molecule has 2 N–H and O–H groups in total. The van der Waals surface area contributed by atoms with Crippen molar-refractivity contribution in [2.24, 2.45) is 11.8 Å². The molecule has 0 saturated carbocycles. The van der Waals surface area contributed by atoms with Crippen LogP contribution in [0, 0.1) is 23.2 Å². The van der Waals surface area contributed by atoms with Crippen LogP contribution in [0.2, 0.25) is 0 Å². The molecule has 1 fully saturated rings. The number of anilines is 2. The van der Waals surface area contributed by atoms with E-state index in [1.807, 2.05) is 24.3 Å². The maximum atomic E-state index is 13.1. The van der Waals surface area contributed by atoms with E-state index in [0.29, 0.717) is 17.4 Å². The zero-order chi connectivity index (χ0) is 20.5. The molecule has 2 aromatic rings. The Hall–Kier alpha value is -3.14. The zero-order valence-electron chi connectivity index (χ0n) is 16.7. The third-order valence-electron chi connectivity index (χ3n) is 6.08. The molecule has 7 heteroatoms. The number of hydrogen-bond donors (Lipinski definition) is 2. The van der Waals surface area contributed by atoms with E-state index in [2.05, 4.69) is 40.1 Å². The lowest BCUT2D eigenvalue weighted by atomic mass is 9.79. The standard InChI is InChI=1S/C22H25N5O2/c1-3-14-4-6-15(7-5-14)17-16(12-23)20(28)24-19-18(17)21(29)26-22(25-19)27-10-8-13(2)9-11-27/h4-7,13,16-17H,3,8-11H2,1-2H3,(H2,24,25,26,28,29). The van der Waals surface area contributed by atoms with Crippen LogP contribution < -0.4 is 15.8 Å².